The number of aryl methyl sites for hydroxylation is 2. The van der Waals surface area contributed by atoms with Gasteiger partial charge in [-0.3, -0.25) is 0 Å². The highest BCUT2D eigenvalue weighted by atomic mass is 28.3. The Labute approximate surface area is 423 Å². The SMILES string of the molecule is Cc1cc(C(c2ccccc2)c2ccccc2)c(N(c2c(C(c3ccccc3)c3ccccc3)cc(C)cc2C(c2ccccc2)c2ccccc2)[Si](C)(C)C)c(C(c2ccccc2)c2ccccc2)c1. The summed E-state index contributed by atoms with van der Waals surface area (Å²) >= 11 is 0. The van der Waals surface area contributed by atoms with Crippen molar-refractivity contribution in [1.82, 2.24) is 0 Å². The van der Waals surface area contributed by atoms with Gasteiger partial charge >= 0.3 is 0 Å². The molecular weight excluding hydrogens is 871 g/mol. The van der Waals surface area contributed by atoms with Crippen molar-refractivity contribution >= 4 is 19.6 Å². The Morgan fingerprint density at radius 3 is 0.549 bits per heavy atom. The van der Waals surface area contributed by atoms with Crippen molar-refractivity contribution in [2.75, 3.05) is 4.57 Å². The van der Waals surface area contributed by atoms with Crippen LogP contribution in [0.3, 0.4) is 0 Å². The number of hydrogen-bond donors (Lipinski definition) is 0. The molecule has 0 atom stereocenters. The van der Waals surface area contributed by atoms with Crippen LogP contribution in [0.1, 0.15) is 102 Å². The highest BCUT2D eigenvalue weighted by molar-refractivity contribution is 6.81. The second kappa shape index (κ2) is 21.1. The Morgan fingerprint density at radius 1 is 0.254 bits per heavy atom. The fourth-order valence-corrected chi connectivity index (χ4v) is 13.1. The van der Waals surface area contributed by atoms with Crippen molar-refractivity contribution in [2.45, 2.75) is 57.2 Å². The van der Waals surface area contributed by atoms with Crippen LogP contribution in [0, 0.1) is 13.8 Å². The van der Waals surface area contributed by atoms with Gasteiger partial charge in [-0.25, -0.2) is 0 Å². The molecule has 71 heavy (non-hydrogen) atoms. The summed E-state index contributed by atoms with van der Waals surface area (Å²) < 4.78 is 2.94. The van der Waals surface area contributed by atoms with Crippen LogP contribution in [0.25, 0.3) is 0 Å². The molecule has 0 fully saturated rings. The van der Waals surface area contributed by atoms with E-state index in [1.165, 1.54) is 89.3 Å². The van der Waals surface area contributed by atoms with Crippen molar-refractivity contribution in [2.24, 2.45) is 0 Å². The summed E-state index contributed by atoms with van der Waals surface area (Å²) in [5, 5.41) is 0. The van der Waals surface area contributed by atoms with Gasteiger partial charge < -0.3 is 4.57 Å². The first kappa shape index (κ1) is 46.9. The molecule has 1 nitrogen and oxygen atoms in total. The van der Waals surface area contributed by atoms with Crippen molar-refractivity contribution in [3.63, 3.8) is 0 Å². The summed E-state index contributed by atoms with van der Waals surface area (Å²) in [5.74, 6) is -0.305. The van der Waals surface area contributed by atoms with Gasteiger partial charge in [-0.05, 0) is 80.6 Å². The summed E-state index contributed by atoms with van der Waals surface area (Å²) in [5.41, 5.74) is 20.4. The molecule has 10 rings (SSSR count). The summed E-state index contributed by atoms with van der Waals surface area (Å²) in [4.78, 5) is 0. The van der Waals surface area contributed by atoms with Crippen molar-refractivity contribution in [1.29, 1.82) is 0 Å². The Balaban J connectivity index is 1.43. The lowest BCUT2D eigenvalue weighted by Crippen LogP contribution is -2.45. The molecule has 0 aromatic heterocycles. The fourth-order valence-electron chi connectivity index (χ4n) is 11.2. The molecule has 10 aromatic carbocycles. The number of benzene rings is 10. The summed E-state index contributed by atoms with van der Waals surface area (Å²) in [7, 11) is -2.59. The van der Waals surface area contributed by atoms with Crippen LogP contribution in [-0.2, 0) is 0 Å². The standard InChI is InChI=1S/C69H63NSi/c1-50-46-60(64(52-30-14-6-15-31-52)53-32-16-7-17-33-53)68(61(47-50)65(54-34-18-8-19-35-54)55-36-20-9-21-37-55)70(71(3,4)5)69-62(66(56-38-22-10-23-39-56)57-40-24-11-25-41-57)48-51(2)49-63(69)67(58-42-26-12-27-43-58)59-44-28-13-29-45-59/h6-49,64-67H,1-5H3. The maximum atomic E-state index is 2.94. The van der Waals surface area contributed by atoms with E-state index in [-0.39, 0.29) is 23.7 Å². The Bertz CT molecular complexity index is 2700. The molecule has 0 heterocycles. The average Bonchev–Trinajstić information content (AvgIpc) is 3.40. The van der Waals surface area contributed by atoms with Gasteiger partial charge in [0.05, 0.1) is 0 Å². The maximum absolute atomic E-state index is 2.94. The minimum atomic E-state index is -2.59. The predicted octanol–water partition coefficient (Wildman–Crippen LogP) is 18.0. The molecule has 0 saturated heterocycles. The predicted molar refractivity (Wildman–Crippen MR) is 303 cm³/mol. The first-order chi connectivity index (χ1) is 34.7. The van der Waals surface area contributed by atoms with Gasteiger partial charge in [0, 0.05) is 35.0 Å². The molecule has 0 bridgehead atoms. The lowest BCUT2D eigenvalue weighted by Gasteiger charge is -2.45. The second-order valence-corrected chi connectivity index (χ2v) is 24.9. The zero-order valence-electron chi connectivity index (χ0n) is 41.7. The highest BCUT2D eigenvalue weighted by Crippen LogP contribution is 2.54. The molecule has 0 aliphatic carbocycles. The van der Waals surface area contributed by atoms with E-state index in [4.69, 9.17) is 0 Å². The quantitative estimate of drug-likeness (QED) is 0.0731. The zero-order valence-corrected chi connectivity index (χ0v) is 42.7. The largest absolute Gasteiger partial charge is 0.368 e. The van der Waals surface area contributed by atoms with Crippen molar-refractivity contribution in [3.8, 4) is 0 Å². The van der Waals surface area contributed by atoms with Gasteiger partial charge in [0.25, 0.3) is 0 Å². The van der Waals surface area contributed by atoms with E-state index in [0.29, 0.717) is 0 Å². The van der Waals surface area contributed by atoms with E-state index in [9.17, 15) is 0 Å². The molecule has 0 unspecified atom stereocenters. The van der Waals surface area contributed by atoms with Crippen LogP contribution in [-0.4, -0.2) is 8.24 Å². The zero-order chi connectivity index (χ0) is 48.7. The number of anilines is 2. The molecule has 2 heteroatoms. The van der Waals surface area contributed by atoms with Crippen LogP contribution >= 0.6 is 0 Å². The third-order valence-corrected chi connectivity index (χ3v) is 15.8. The monoisotopic (exact) mass is 933 g/mol. The normalized spacial score (nSPS) is 11.7. The molecule has 0 saturated carbocycles. The van der Waals surface area contributed by atoms with E-state index in [2.05, 4.69) is 305 Å². The van der Waals surface area contributed by atoms with Crippen LogP contribution in [0.2, 0.25) is 19.6 Å². The summed E-state index contributed by atoms with van der Waals surface area (Å²) in [6.07, 6.45) is 0. The Morgan fingerprint density at radius 2 is 0.408 bits per heavy atom. The smallest absolute Gasteiger partial charge is 0.153 e. The molecule has 348 valence electrons. The third kappa shape index (κ3) is 10.00. The van der Waals surface area contributed by atoms with E-state index >= 15 is 0 Å². The van der Waals surface area contributed by atoms with Gasteiger partial charge in [-0.2, -0.15) is 0 Å². The van der Waals surface area contributed by atoms with Crippen LogP contribution in [0.5, 0.6) is 0 Å². The van der Waals surface area contributed by atoms with Crippen LogP contribution in [0.15, 0.2) is 267 Å². The van der Waals surface area contributed by atoms with Gasteiger partial charge in [0.15, 0.2) is 8.24 Å². The number of nitrogens with zero attached hydrogens (tertiary/aromatic N) is 1. The van der Waals surface area contributed by atoms with Gasteiger partial charge in [-0.15, -0.1) is 0 Å². The van der Waals surface area contributed by atoms with Gasteiger partial charge in [0.2, 0.25) is 0 Å². The number of hydrogen-bond acceptors (Lipinski definition) is 1. The Kier molecular flexibility index (Phi) is 13.9. The molecule has 0 radical (unpaired) electrons. The van der Waals surface area contributed by atoms with E-state index in [1.807, 2.05) is 0 Å². The van der Waals surface area contributed by atoms with E-state index < -0.39 is 8.24 Å². The topological polar surface area (TPSA) is 3.24 Å². The van der Waals surface area contributed by atoms with Crippen molar-refractivity contribution < 1.29 is 0 Å². The molecule has 0 N–H and O–H groups in total. The lowest BCUT2D eigenvalue weighted by molar-refractivity contribution is 0.909. The fraction of sp³-hybridized carbons (Fsp3) is 0.130. The molecule has 0 aliphatic rings. The maximum Gasteiger partial charge on any atom is 0.153 e. The highest BCUT2D eigenvalue weighted by Gasteiger charge is 2.40. The summed E-state index contributed by atoms with van der Waals surface area (Å²) in [6.45, 7) is 12.3. The first-order valence-electron chi connectivity index (χ1n) is 25.2. The van der Waals surface area contributed by atoms with E-state index in [0.717, 1.165) is 0 Å². The molecular formula is C69H63NSi. The van der Waals surface area contributed by atoms with Crippen LogP contribution in [0.4, 0.5) is 11.4 Å². The average molecular weight is 934 g/mol. The lowest BCUT2D eigenvalue weighted by atomic mass is 9.76. The minimum Gasteiger partial charge on any atom is -0.368 e. The Hall–Kier alpha value is -7.78. The number of rotatable bonds is 15. The van der Waals surface area contributed by atoms with Gasteiger partial charge in [-0.1, -0.05) is 298 Å². The molecule has 0 aliphatic heterocycles. The van der Waals surface area contributed by atoms with Gasteiger partial charge in [0.1, 0.15) is 0 Å². The third-order valence-electron chi connectivity index (χ3n) is 14.1. The first-order valence-corrected chi connectivity index (χ1v) is 28.7. The molecule has 10 aromatic rings. The van der Waals surface area contributed by atoms with Crippen LogP contribution < -0.4 is 4.57 Å². The second-order valence-electron chi connectivity index (χ2n) is 20.1. The van der Waals surface area contributed by atoms with Crippen molar-refractivity contribution in [3.05, 3.63) is 345 Å². The minimum absolute atomic E-state index is 0.0764. The molecule has 0 spiro atoms. The molecule has 0 amide bonds. The van der Waals surface area contributed by atoms with E-state index in [1.54, 1.807) is 0 Å². The summed E-state index contributed by atoms with van der Waals surface area (Å²) in [6, 6.07) is 99.9.